The minimum Gasteiger partial charge on any atom is -0.296 e. The Hall–Kier alpha value is -1.66. The second-order valence-corrected chi connectivity index (χ2v) is 8.00. The molecule has 116 valence electrons. The first-order valence-electron chi connectivity index (χ1n) is 6.89. The van der Waals surface area contributed by atoms with Gasteiger partial charge in [0, 0.05) is 11.3 Å². The molecule has 1 N–H and O–H groups in total. The maximum Gasteiger partial charge on any atom is 0.257 e. The Morgan fingerprint density at radius 3 is 2.59 bits per heavy atom. The molecule has 6 heteroatoms. The molecule has 1 aromatic heterocycles. The normalized spacial score (nSPS) is 11.2. The molecular formula is C16H19N3OS2. The topological polar surface area (TPSA) is 54.9 Å². The largest absolute Gasteiger partial charge is 0.296 e. The van der Waals surface area contributed by atoms with Crippen molar-refractivity contribution in [1.82, 2.24) is 10.2 Å². The molecule has 0 aliphatic rings. The van der Waals surface area contributed by atoms with E-state index in [-0.39, 0.29) is 11.3 Å². The number of nitrogens with one attached hydrogen (secondary N) is 1. The van der Waals surface area contributed by atoms with Crippen LogP contribution in [-0.2, 0) is 5.41 Å². The highest BCUT2D eigenvalue weighted by molar-refractivity contribution is 8.01. The summed E-state index contributed by atoms with van der Waals surface area (Å²) in [4.78, 5) is 12.2. The van der Waals surface area contributed by atoms with Crippen molar-refractivity contribution in [2.75, 3.05) is 11.1 Å². The molecule has 0 spiro atoms. The fourth-order valence-corrected chi connectivity index (χ4v) is 3.25. The minimum absolute atomic E-state index is 0.0749. The van der Waals surface area contributed by atoms with Crippen LogP contribution < -0.4 is 5.32 Å². The Morgan fingerprint density at radius 1 is 1.32 bits per heavy atom. The number of carbonyl (C=O) groups excluding carboxylic acids is 1. The average Bonchev–Trinajstić information content (AvgIpc) is 2.92. The van der Waals surface area contributed by atoms with Crippen molar-refractivity contribution in [2.45, 2.75) is 30.5 Å². The van der Waals surface area contributed by atoms with Gasteiger partial charge in [-0.25, -0.2) is 0 Å². The number of amides is 1. The maximum absolute atomic E-state index is 12.2. The standard InChI is InChI=1S/C16H19N3OS2/c1-5-10-21-15-19-18-14(22-15)17-13(20)11-6-8-12(9-7-11)16(2,3)4/h5-9H,1,10H2,2-4H3,(H,17,18,20). The van der Waals surface area contributed by atoms with Crippen LogP contribution in [0.5, 0.6) is 0 Å². The molecule has 0 bridgehead atoms. The number of thioether (sulfide) groups is 1. The third-order valence-electron chi connectivity index (χ3n) is 2.96. The second-order valence-electron chi connectivity index (χ2n) is 5.75. The molecule has 0 atom stereocenters. The number of nitrogens with zero attached hydrogens (tertiary/aromatic N) is 2. The molecule has 0 radical (unpaired) electrons. The van der Waals surface area contributed by atoms with Crippen molar-refractivity contribution in [3.05, 3.63) is 48.0 Å². The third kappa shape index (κ3) is 4.42. The highest BCUT2D eigenvalue weighted by atomic mass is 32.2. The second kappa shape index (κ2) is 7.07. The summed E-state index contributed by atoms with van der Waals surface area (Å²) in [6, 6.07) is 7.65. The van der Waals surface area contributed by atoms with Gasteiger partial charge in [-0.05, 0) is 23.1 Å². The molecule has 0 aliphatic heterocycles. The summed E-state index contributed by atoms with van der Waals surface area (Å²) >= 11 is 2.91. The van der Waals surface area contributed by atoms with Gasteiger partial charge in [0.2, 0.25) is 5.13 Å². The number of aromatic nitrogens is 2. The van der Waals surface area contributed by atoms with E-state index in [0.717, 1.165) is 10.1 Å². The predicted molar refractivity (Wildman–Crippen MR) is 93.9 cm³/mol. The van der Waals surface area contributed by atoms with Crippen molar-refractivity contribution < 1.29 is 4.79 Å². The Labute approximate surface area is 139 Å². The summed E-state index contributed by atoms with van der Waals surface area (Å²) in [5.74, 6) is 0.605. The molecule has 4 nitrogen and oxygen atoms in total. The van der Waals surface area contributed by atoms with Crippen LogP contribution in [0.2, 0.25) is 0 Å². The first-order valence-corrected chi connectivity index (χ1v) is 8.69. The molecule has 2 aromatic rings. The van der Waals surface area contributed by atoms with E-state index >= 15 is 0 Å². The first kappa shape index (κ1) is 16.7. The van der Waals surface area contributed by atoms with Gasteiger partial charge in [0.05, 0.1) is 0 Å². The molecule has 0 fully saturated rings. The maximum atomic E-state index is 12.2. The fraction of sp³-hybridized carbons (Fsp3) is 0.312. The van der Waals surface area contributed by atoms with Gasteiger partial charge in [-0.3, -0.25) is 10.1 Å². The Bertz CT molecular complexity index is 657. The molecular weight excluding hydrogens is 314 g/mol. The first-order chi connectivity index (χ1) is 10.4. The number of carbonyl (C=O) groups is 1. The minimum atomic E-state index is -0.170. The molecule has 1 heterocycles. The molecule has 22 heavy (non-hydrogen) atoms. The van der Waals surface area contributed by atoms with Crippen LogP contribution in [0.25, 0.3) is 0 Å². The van der Waals surface area contributed by atoms with Gasteiger partial charge in [0.15, 0.2) is 4.34 Å². The van der Waals surface area contributed by atoms with E-state index in [2.05, 4.69) is 42.9 Å². The fourth-order valence-electron chi connectivity index (χ4n) is 1.74. The quantitative estimate of drug-likeness (QED) is 0.501. The van der Waals surface area contributed by atoms with Gasteiger partial charge in [0.1, 0.15) is 0 Å². The summed E-state index contributed by atoms with van der Waals surface area (Å²) in [5, 5.41) is 11.3. The van der Waals surface area contributed by atoms with E-state index in [9.17, 15) is 4.79 Å². The number of benzene rings is 1. The van der Waals surface area contributed by atoms with Crippen molar-refractivity contribution >= 4 is 34.1 Å². The van der Waals surface area contributed by atoms with Crippen LogP contribution in [0.1, 0.15) is 36.7 Å². The van der Waals surface area contributed by atoms with E-state index < -0.39 is 0 Å². The Balaban J connectivity index is 2.02. The van der Waals surface area contributed by atoms with E-state index in [1.165, 1.54) is 16.9 Å². The molecule has 0 saturated carbocycles. The number of rotatable bonds is 5. The SMILES string of the molecule is C=CCSc1nnc(NC(=O)c2ccc(C(C)(C)C)cc2)s1. The van der Waals surface area contributed by atoms with E-state index in [4.69, 9.17) is 0 Å². The van der Waals surface area contributed by atoms with Gasteiger partial charge >= 0.3 is 0 Å². The third-order valence-corrected chi connectivity index (χ3v) is 4.93. The van der Waals surface area contributed by atoms with Crippen molar-refractivity contribution in [3.8, 4) is 0 Å². The van der Waals surface area contributed by atoms with Gasteiger partial charge < -0.3 is 0 Å². The van der Waals surface area contributed by atoms with Crippen molar-refractivity contribution in [3.63, 3.8) is 0 Å². The molecule has 0 unspecified atom stereocenters. The molecule has 0 aliphatic carbocycles. The van der Waals surface area contributed by atoms with Crippen LogP contribution >= 0.6 is 23.1 Å². The lowest BCUT2D eigenvalue weighted by atomic mass is 9.87. The van der Waals surface area contributed by atoms with E-state index in [0.29, 0.717) is 10.7 Å². The summed E-state index contributed by atoms with van der Waals surface area (Å²) in [6.45, 7) is 10.1. The van der Waals surface area contributed by atoms with Crippen molar-refractivity contribution in [2.24, 2.45) is 0 Å². The van der Waals surface area contributed by atoms with Crippen LogP contribution in [0, 0.1) is 0 Å². The lowest BCUT2D eigenvalue weighted by molar-refractivity contribution is 0.102. The van der Waals surface area contributed by atoms with E-state index in [1.807, 2.05) is 24.3 Å². The van der Waals surface area contributed by atoms with Crippen LogP contribution in [0.4, 0.5) is 5.13 Å². The monoisotopic (exact) mass is 333 g/mol. The van der Waals surface area contributed by atoms with Gasteiger partial charge in [-0.2, -0.15) is 0 Å². The Kier molecular flexibility index (Phi) is 5.37. The molecule has 0 saturated heterocycles. The Morgan fingerprint density at radius 2 is 2.00 bits per heavy atom. The highest BCUT2D eigenvalue weighted by Crippen LogP contribution is 2.26. The number of hydrogen-bond donors (Lipinski definition) is 1. The van der Waals surface area contributed by atoms with Gasteiger partial charge in [-0.15, -0.1) is 16.8 Å². The zero-order valence-electron chi connectivity index (χ0n) is 12.9. The van der Waals surface area contributed by atoms with E-state index in [1.54, 1.807) is 17.8 Å². The van der Waals surface area contributed by atoms with Crippen LogP contribution in [0.3, 0.4) is 0 Å². The number of hydrogen-bond acceptors (Lipinski definition) is 5. The molecule has 1 aromatic carbocycles. The van der Waals surface area contributed by atoms with Crippen LogP contribution in [0.15, 0.2) is 41.3 Å². The average molecular weight is 333 g/mol. The summed E-state index contributed by atoms with van der Waals surface area (Å²) in [7, 11) is 0. The summed E-state index contributed by atoms with van der Waals surface area (Å²) < 4.78 is 0.818. The van der Waals surface area contributed by atoms with Crippen LogP contribution in [-0.4, -0.2) is 21.9 Å². The molecule has 2 rings (SSSR count). The molecule has 1 amide bonds. The zero-order valence-corrected chi connectivity index (χ0v) is 14.6. The van der Waals surface area contributed by atoms with Crippen molar-refractivity contribution in [1.29, 1.82) is 0 Å². The van der Waals surface area contributed by atoms with Gasteiger partial charge in [-0.1, -0.05) is 62.1 Å². The predicted octanol–water partition coefficient (Wildman–Crippen LogP) is 4.37. The lowest BCUT2D eigenvalue weighted by Gasteiger charge is -2.18. The smallest absolute Gasteiger partial charge is 0.257 e. The zero-order chi connectivity index (χ0) is 16.2. The number of anilines is 1. The highest BCUT2D eigenvalue weighted by Gasteiger charge is 2.15. The lowest BCUT2D eigenvalue weighted by Crippen LogP contribution is -2.14. The summed E-state index contributed by atoms with van der Waals surface area (Å²) in [6.07, 6.45) is 1.81. The summed E-state index contributed by atoms with van der Waals surface area (Å²) in [5.41, 5.74) is 1.89. The van der Waals surface area contributed by atoms with Gasteiger partial charge in [0.25, 0.3) is 5.91 Å².